The third kappa shape index (κ3) is 7.29. The van der Waals surface area contributed by atoms with Crippen LogP contribution < -0.4 is 0 Å². The Kier molecular flexibility index (Phi) is 8.86. The maximum absolute atomic E-state index is 13.9. The largest absolute Gasteiger partial charge is 0.417 e. The topological polar surface area (TPSA) is 0 Å². The second kappa shape index (κ2) is 11.9. The quantitative estimate of drug-likeness (QED) is 0.273. The molecule has 0 aliphatic heterocycles. The second-order valence-corrected chi connectivity index (χ2v) is 10.7. The summed E-state index contributed by atoms with van der Waals surface area (Å²) >= 11 is 0.870. The molecular weight excluding hydrogens is 506 g/mol. The molecule has 0 spiro atoms. The summed E-state index contributed by atoms with van der Waals surface area (Å²) in [6.07, 6.45) is 0.285. The molecule has 0 aromatic heterocycles. The van der Waals surface area contributed by atoms with E-state index in [0.717, 1.165) is 88.1 Å². The highest BCUT2D eigenvalue weighted by Crippen LogP contribution is 2.42. The molecule has 0 saturated heterocycles. The molecule has 2 aliphatic rings. The molecule has 0 unspecified atom stereocenters. The third-order valence-electron chi connectivity index (χ3n) is 6.90. The first kappa shape index (κ1) is 27.5. The highest BCUT2D eigenvalue weighted by atomic mass is 32.2. The van der Waals surface area contributed by atoms with E-state index >= 15 is 0 Å². The van der Waals surface area contributed by atoms with Gasteiger partial charge in [-0.05, 0) is 49.9 Å². The average molecular weight is 535 g/mol. The Hall–Kier alpha value is -2.51. The van der Waals surface area contributed by atoms with Crippen LogP contribution in [0.15, 0.2) is 46.2 Å². The molecule has 0 heterocycles. The van der Waals surface area contributed by atoms with Crippen LogP contribution in [0.1, 0.15) is 86.5 Å². The van der Waals surface area contributed by atoms with Crippen LogP contribution in [0.5, 0.6) is 0 Å². The van der Waals surface area contributed by atoms with Crippen molar-refractivity contribution in [2.45, 2.75) is 86.4 Å². The van der Waals surface area contributed by atoms with Gasteiger partial charge in [0, 0.05) is 21.6 Å². The molecule has 0 radical (unpaired) electrons. The molecule has 2 aliphatic carbocycles. The van der Waals surface area contributed by atoms with Gasteiger partial charge in [0.2, 0.25) is 0 Å². The van der Waals surface area contributed by atoms with Crippen LogP contribution in [0, 0.1) is 35.5 Å². The lowest BCUT2D eigenvalue weighted by atomic mass is 9.89. The molecule has 0 N–H and O–H groups in total. The number of rotatable bonds is 2. The van der Waals surface area contributed by atoms with Crippen molar-refractivity contribution in [1.29, 1.82) is 0 Å². The van der Waals surface area contributed by atoms with E-state index in [1.54, 1.807) is 0 Å². The standard InChI is InChI=1S/C30H28F6S/c31-29(32,33)25-13-7-15-27(23(25)19-17-21-9-3-1-4-10-21)37-28-16-8-14-26(30(34,35)36)24(28)20-18-22-11-5-2-6-12-22/h7-8,13-16,21-22H,1-6,9-12H2. The van der Waals surface area contributed by atoms with Gasteiger partial charge in [0.15, 0.2) is 0 Å². The van der Waals surface area contributed by atoms with Gasteiger partial charge >= 0.3 is 12.4 Å². The summed E-state index contributed by atoms with van der Waals surface area (Å²) in [6, 6.07) is 7.48. The fourth-order valence-corrected chi connectivity index (χ4v) is 5.98. The van der Waals surface area contributed by atoms with E-state index in [2.05, 4.69) is 23.7 Å². The van der Waals surface area contributed by atoms with Gasteiger partial charge < -0.3 is 0 Å². The van der Waals surface area contributed by atoms with E-state index in [0.29, 0.717) is 0 Å². The van der Waals surface area contributed by atoms with Crippen LogP contribution in [0.25, 0.3) is 0 Å². The van der Waals surface area contributed by atoms with Crippen molar-refractivity contribution in [3.63, 3.8) is 0 Å². The highest BCUT2D eigenvalue weighted by Gasteiger charge is 2.36. The summed E-state index contributed by atoms with van der Waals surface area (Å²) in [5.74, 6) is 11.7. The minimum atomic E-state index is -4.63. The molecule has 2 aromatic rings. The van der Waals surface area contributed by atoms with Crippen molar-refractivity contribution in [3.05, 3.63) is 58.7 Å². The fourth-order valence-electron chi connectivity index (χ4n) is 4.92. The van der Waals surface area contributed by atoms with Crippen LogP contribution in [0.2, 0.25) is 0 Å². The Morgan fingerprint density at radius 3 is 1.30 bits per heavy atom. The molecule has 2 saturated carbocycles. The molecule has 4 rings (SSSR count). The summed E-state index contributed by atoms with van der Waals surface area (Å²) in [4.78, 5) is 0.358. The van der Waals surface area contributed by atoms with Crippen molar-refractivity contribution < 1.29 is 26.3 Å². The average Bonchev–Trinajstić information content (AvgIpc) is 2.87. The Morgan fingerprint density at radius 1 is 0.568 bits per heavy atom. The van der Waals surface area contributed by atoms with Gasteiger partial charge in [0.25, 0.3) is 0 Å². The molecule has 196 valence electrons. The van der Waals surface area contributed by atoms with Crippen LogP contribution in [-0.2, 0) is 12.4 Å². The molecule has 7 heteroatoms. The molecule has 2 aromatic carbocycles. The summed E-state index contributed by atoms with van der Waals surface area (Å²) < 4.78 is 83.5. The van der Waals surface area contributed by atoms with Gasteiger partial charge in [-0.3, -0.25) is 0 Å². The minimum Gasteiger partial charge on any atom is -0.166 e. The van der Waals surface area contributed by atoms with Gasteiger partial charge in [-0.2, -0.15) is 26.3 Å². The van der Waals surface area contributed by atoms with E-state index in [9.17, 15) is 26.3 Å². The molecule has 0 amide bonds. The van der Waals surface area contributed by atoms with E-state index in [1.165, 1.54) is 24.3 Å². The molecule has 0 bridgehead atoms. The SMILES string of the molecule is FC(F)(F)c1cccc(Sc2cccc(C(F)(F)F)c2C#CC2CCCCC2)c1C#CC1CCCCC1. The molecule has 0 atom stereocenters. The van der Waals surface area contributed by atoms with Crippen LogP contribution in [0.3, 0.4) is 0 Å². The van der Waals surface area contributed by atoms with E-state index in [-0.39, 0.29) is 32.8 Å². The number of hydrogen-bond acceptors (Lipinski definition) is 1. The zero-order valence-electron chi connectivity index (χ0n) is 20.4. The summed E-state index contributed by atoms with van der Waals surface area (Å²) in [7, 11) is 0. The van der Waals surface area contributed by atoms with Crippen molar-refractivity contribution in [2.24, 2.45) is 11.8 Å². The molecule has 2 fully saturated rings. The zero-order valence-corrected chi connectivity index (χ0v) is 21.2. The summed E-state index contributed by atoms with van der Waals surface area (Å²) in [5, 5.41) is 0. The first-order valence-corrected chi connectivity index (χ1v) is 13.6. The Labute approximate surface area is 218 Å². The third-order valence-corrected chi connectivity index (χ3v) is 8.02. The summed E-state index contributed by atoms with van der Waals surface area (Å²) in [6.45, 7) is 0. The summed E-state index contributed by atoms with van der Waals surface area (Å²) in [5.41, 5.74) is -2.12. The number of halogens is 6. The highest BCUT2D eigenvalue weighted by molar-refractivity contribution is 7.99. The Bertz CT molecular complexity index is 1110. The number of alkyl halides is 6. The van der Waals surface area contributed by atoms with Gasteiger partial charge in [0.05, 0.1) is 22.3 Å². The van der Waals surface area contributed by atoms with Gasteiger partial charge in [0.1, 0.15) is 0 Å². The molecular formula is C30H28F6S. The first-order valence-electron chi connectivity index (χ1n) is 12.7. The minimum absolute atomic E-state index is 0.0263. The van der Waals surface area contributed by atoms with Crippen molar-refractivity contribution >= 4 is 11.8 Å². The predicted octanol–water partition coefficient (Wildman–Crippen LogP) is 9.74. The van der Waals surface area contributed by atoms with Gasteiger partial charge in [-0.1, -0.05) is 86.1 Å². The van der Waals surface area contributed by atoms with Crippen LogP contribution in [-0.4, -0.2) is 0 Å². The Balaban J connectivity index is 1.77. The van der Waals surface area contributed by atoms with Crippen LogP contribution >= 0.6 is 11.8 Å². The maximum Gasteiger partial charge on any atom is 0.417 e. The number of hydrogen-bond donors (Lipinski definition) is 0. The lowest BCUT2D eigenvalue weighted by molar-refractivity contribution is -0.138. The van der Waals surface area contributed by atoms with E-state index in [4.69, 9.17) is 0 Å². The van der Waals surface area contributed by atoms with Crippen molar-refractivity contribution in [1.82, 2.24) is 0 Å². The van der Waals surface area contributed by atoms with Gasteiger partial charge in [-0.25, -0.2) is 0 Å². The van der Waals surface area contributed by atoms with E-state index < -0.39 is 23.5 Å². The van der Waals surface area contributed by atoms with Crippen LogP contribution in [0.4, 0.5) is 26.3 Å². The molecule has 0 nitrogen and oxygen atoms in total. The Morgan fingerprint density at radius 2 is 0.946 bits per heavy atom. The van der Waals surface area contributed by atoms with Crippen molar-refractivity contribution in [2.75, 3.05) is 0 Å². The van der Waals surface area contributed by atoms with Gasteiger partial charge in [-0.15, -0.1) is 0 Å². The fraction of sp³-hybridized carbons (Fsp3) is 0.467. The first-order chi connectivity index (χ1) is 17.6. The number of benzene rings is 2. The predicted molar refractivity (Wildman–Crippen MR) is 134 cm³/mol. The smallest absolute Gasteiger partial charge is 0.166 e. The molecule has 37 heavy (non-hydrogen) atoms. The van der Waals surface area contributed by atoms with Crippen molar-refractivity contribution in [3.8, 4) is 23.7 Å². The zero-order chi connectivity index (χ0) is 26.5. The second-order valence-electron chi connectivity index (χ2n) is 9.66. The lowest BCUT2D eigenvalue weighted by Gasteiger charge is -2.18. The lowest BCUT2D eigenvalue weighted by Crippen LogP contribution is -2.10. The monoisotopic (exact) mass is 534 g/mol. The maximum atomic E-state index is 13.9. The van der Waals surface area contributed by atoms with E-state index in [1.807, 2.05) is 0 Å². The normalized spacial score (nSPS) is 17.5.